The van der Waals surface area contributed by atoms with E-state index in [1.807, 2.05) is 30.3 Å². The molecule has 2 atom stereocenters. The van der Waals surface area contributed by atoms with E-state index in [2.05, 4.69) is 39.0 Å². The highest BCUT2D eigenvalue weighted by Crippen LogP contribution is 2.38. The number of hydrogen-bond acceptors (Lipinski definition) is 2. The van der Waals surface area contributed by atoms with Crippen LogP contribution in [0.25, 0.3) is 0 Å². The fourth-order valence-corrected chi connectivity index (χ4v) is 3.26. The van der Waals surface area contributed by atoms with Gasteiger partial charge in [0.15, 0.2) is 0 Å². The topological polar surface area (TPSA) is 24.7 Å². The number of nitrogens with zero attached hydrogens (tertiary/aromatic N) is 2. The Morgan fingerprint density at radius 3 is 2.64 bits per heavy atom. The Hall–Kier alpha value is -1.96. The summed E-state index contributed by atoms with van der Waals surface area (Å²) in [6.45, 7) is 6.79. The molecule has 0 N–H and O–H groups in total. The van der Waals surface area contributed by atoms with Crippen molar-refractivity contribution in [2.75, 3.05) is 0 Å². The van der Waals surface area contributed by atoms with Gasteiger partial charge in [0.1, 0.15) is 0 Å². The highest BCUT2D eigenvalue weighted by Gasteiger charge is 2.34. The lowest BCUT2D eigenvalue weighted by Gasteiger charge is -2.37. The minimum atomic E-state index is 0.0891. The maximum absolute atomic E-state index is 5.00. The summed E-state index contributed by atoms with van der Waals surface area (Å²) >= 11 is 0. The van der Waals surface area contributed by atoms with Gasteiger partial charge in [0.25, 0.3) is 0 Å². The molecule has 2 unspecified atom stereocenters. The molecule has 1 aliphatic carbocycles. The monoisotopic (exact) mass is 292 g/mol. The Balaban J connectivity index is 1.97. The van der Waals surface area contributed by atoms with Gasteiger partial charge in [-0.1, -0.05) is 32.0 Å². The standard InChI is InChI=1S/C20H24N2/c1-4-15-14-20(3,5-2)22-19-12-11-17(13-18(15)19)21-16-9-7-6-8-10-16/h6-13,15H,4-5,14H2,1-3H3. The molecular formula is C20H24N2. The van der Waals surface area contributed by atoms with E-state index in [1.54, 1.807) is 0 Å². The molecule has 2 heteroatoms. The molecule has 0 bridgehead atoms. The maximum atomic E-state index is 5.00. The largest absolute Gasteiger partial charge is 0.279 e. The Morgan fingerprint density at radius 1 is 1.18 bits per heavy atom. The SMILES string of the molecule is CCC1CC(C)(CC)N=C2C=CC(=Nc3ccccc3)C=C21. The molecule has 0 saturated heterocycles. The van der Waals surface area contributed by atoms with Gasteiger partial charge in [-0.2, -0.15) is 0 Å². The van der Waals surface area contributed by atoms with E-state index in [0.29, 0.717) is 5.92 Å². The summed E-state index contributed by atoms with van der Waals surface area (Å²) in [5.41, 5.74) is 4.64. The predicted octanol–water partition coefficient (Wildman–Crippen LogP) is 5.29. The van der Waals surface area contributed by atoms with E-state index in [1.165, 1.54) is 5.57 Å². The number of fused-ring (bicyclic) bond motifs is 1. The molecule has 22 heavy (non-hydrogen) atoms. The molecule has 3 rings (SSSR count). The summed E-state index contributed by atoms with van der Waals surface area (Å²) in [6.07, 6.45) is 9.86. The van der Waals surface area contributed by atoms with E-state index < -0.39 is 0 Å². The van der Waals surface area contributed by atoms with Crippen LogP contribution in [0, 0.1) is 5.92 Å². The number of hydrogen-bond donors (Lipinski definition) is 0. The second kappa shape index (κ2) is 6.04. The Morgan fingerprint density at radius 2 is 1.95 bits per heavy atom. The van der Waals surface area contributed by atoms with Gasteiger partial charge in [0, 0.05) is 0 Å². The van der Waals surface area contributed by atoms with Crippen LogP contribution in [0.1, 0.15) is 40.0 Å². The van der Waals surface area contributed by atoms with Crippen molar-refractivity contribution < 1.29 is 0 Å². The second-order valence-electron chi connectivity index (χ2n) is 6.46. The van der Waals surface area contributed by atoms with Crippen LogP contribution in [0.5, 0.6) is 0 Å². The Labute approximate surface area is 133 Å². The summed E-state index contributed by atoms with van der Waals surface area (Å²) in [5, 5.41) is 0. The first-order valence-electron chi connectivity index (χ1n) is 8.27. The first kappa shape index (κ1) is 15.0. The summed E-state index contributed by atoms with van der Waals surface area (Å²) in [7, 11) is 0. The van der Waals surface area contributed by atoms with E-state index in [9.17, 15) is 0 Å². The number of allylic oxidation sites excluding steroid dienone is 4. The van der Waals surface area contributed by atoms with E-state index >= 15 is 0 Å². The molecule has 0 fully saturated rings. The minimum Gasteiger partial charge on any atom is -0.279 e. The zero-order chi connectivity index (χ0) is 15.6. The summed E-state index contributed by atoms with van der Waals surface area (Å²) in [6, 6.07) is 10.1. The second-order valence-corrected chi connectivity index (χ2v) is 6.46. The fraction of sp³-hybridized carbons (Fsp3) is 0.400. The average molecular weight is 292 g/mol. The van der Waals surface area contributed by atoms with Crippen LogP contribution in [-0.4, -0.2) is 17.0 Å². The normalized spacial score (nSPS) is 29.0. The van der Waals surface area contributed by atoms with Crippen molar-refractivity contribution in [3.05, 3.63) is 54.1 Å². The lowest BCUT2D eigenvalue weighted by Crippen LogP contribution is -2.34. The van der Waals surface area contributed by atoms with Crippen molar-refractivity contribution in [2.45, 2.75) is 45.6 Å². The lowest BCUT2D eigenvalue weighted by atomic mass is 9.75. The van der Waals surface area contributed by atoms with Crippen LogP contribution in [0.15, 0.2) is 64.1 Å². The molecule has 2 nitrogen and oxygen atoms in total. The van der Waals surface area contributed by atoms with E-state index in [4.69, 9.17) is 9.98 Å². The minimum absolute atomic E-state index is 0.0891. The highest BCUT2D eigenvalue weighted by atomic mass is 14.9. The summed E-state index contributed by atoms with van der Waals surface area (Å²) < 4.78 is 0. The molecule has 114 valence electrons. The van der Waals surface area contributed by atoms with Crippen LogP contribution in [0.3, 0.4) is 0 Å². The highest BCUT2D eigenvalue weighted by molar-refractivity contribution is 6.22. The Kier molecular flexibility index (Phi) is 4.10. The number of rotatable bonds is 3. The maximum Gasteiger partial charge on any atom is 0.0641 e. The van der Waals surface area contributed by atoms with Crippen LogP contribution < -0.4 is 0 Å². The molecule has 0 saturated carbocycles. The summed E-state index contributed by atoms with van der Waals surface area (Å²) in [5.74, 6) is 0.586. The predicted molar refractivity (Wildman–Crippen MR) is 95.3 cm³/mol. The third-order valence-corrected chi connectivity index (χ3v) is 4.80. The number of para-hydroxylation sites is 1. The molecule has 0 amide bonds. The molecule has 0 aromatic heterocycles. The Bertz CT molecular complexity index is 664. The van der Waals surface area contributed by atoms with Crippen LogP contribution in [-0.2, 0) is 0 Å². The first-order valence-corrected chi connectivity index (χ1v) is 8.27. The third-order valence-electron chi connectivity index (χ3n) is 4.80. The van der Waals surface area contributed by atoms with Gasteiger partial charge in [-0.05, 0) is 68.0 Å². The zero-order valence-electron chi connectivity index (χ0n) is 13.7. The van der Waals surface area contributed by atoms with Crippen molar-refractivity contribution in [3.8, 4) is 0 Å². The van der Waals surface area contributed by atoms with Crippen LogP contribution in [0.2, 0.25) is 0 Å². The van der Waals surface area contributed by atoms with Crippen molar-refractivity contribution in [2.24, 2.45) is 15.9 Å². The molecule has 1 heterocycles. The number of benzene rings is 1. The van der Waals surface area contributed by atoms with Gasteiger partial charge < -0.3 is 0 Å². The van der Waals surface area contributed by atoms with Gasteiger partial charge in [0.2, 0.25) is 0 Å². The van der Waals surface area contributed by atoms with E-state index in [-0.39, 0.29) is 5.54 Å². The van der Waals surface area contributed by atoms with Crippen molar-refractivity contribution in [3.63, 3.8) is 0 Å². The quantitative estimate of drug-likeness (QED) is 0.676. The van der Waals surface area contributed by atoms with E-state index in [0.717, 1.165) is 36.4 Å². The van der Waals surface area contributed by atoms with Crippen LogP contribution >= 0.6 is 0 Å². The van der Waals surface area contributed by atoms with Gasteiger partial charge >= 0.3 is 0 Å². The van der Waals surface area contributed by atoms with Crippen molar-refractivity contribution in [1.82, 2.24) is 0 Å². The molecule has 1 aromatic carbocycles. The van der Waals surface area contributed by atoms with Gasteiger partial charge in [-0.15, -0.1) is 0 Å². The zero-order valence-corrected chi connectivity index (χ0v) is 13.7. The molecular weight excluding hydrogens is 268 g/mol. The molecule has 2 aliphatic rings. The molecule has 0 spiro atoms. The van der Waals surface area contributed by atoms with Crippen molar-refractivity contribution >= 4 is 17.1 Å². The fourth-order valence-electron chi connectivity index (χ4n) is 3.26. The van der Waals surface area contributed by atoms with Crippen LogP contribution in [0.4, 0.5) is 5.69 Å². The lowest BCUT2D eigenvalue weighted by molar-refractivity contribution is 0.345. The van der Waals surface area contributed by atoms with Gasteiger partial charge in [-0.25, -0.2) is 4.99 Å². The number of aliphatic imine (C=N–C) groups is 2. The smallest absolute Gasteiger partial charge is 0.0641 e. The van der Waals surface area contributed by atoms with Crippen molar-refractivity contribution in [1.29, 1.82) is 0 Å². The van der Waals surface area contributed by atoms with Gasteiger partial charge in [-0.3, -0.25) is 4.99 Å². The molecule has 0 radical (unpaired) electrons. The molecule has 1 aliphatic heterocycles. The first-order chi connectivity index (χ1) is 10.6. The summed E-state index contributed by atoms with van der Waals surface area (Å²) in [4.78, 5) is 9.73. The van der Waals surface area contributed by atoms with Gasteiger partial charge in [0.05, 0.1) is 22.6 Å². The average Bonchev–Trinajstić information content (AvgIpc) is 2.55. The third kappa shape index (κ3) is 2.96. The molecule has 1 aromatic rings.